The largest absolute Gasteiger partial charge is 0.243 e. The van der Waals surface area contributed by atoms with Crippen molar-refractivity contribution in [2.75, 3.05) is 0 Å². The molecule has 4 rings (SSSR count). The summed E-state index contributed by atoms with van der Waals surface area (Å²) in [4.78, 5) is 9.61. The number of fused-ring (bicyclic) bond motifs is 1. The number of hydrogen-bond acceptors (Lipinski definition) is 2. The third kappa shape index (κ3) is 3.34. The highest BCUT2D eigenvalue weighted by molar-refractivity contribution is 5.80. The van der Waals surface area contributed by atoms with Crippen LogP contribution in [0.3, 0.4) is 0 Å². The summed E-state index contributed by atoms with van der Waals surface area (Å²) in [5, 5.41) is 0. The monoisotopic (exact) mass is 334 g/mol. The third-order valence-corrected chi connectivity index (χ3v) is 4.27. The molecule has 0 saturated heterocycles. The van der Waals surface area contributed by atoms with Gasteiger partial charge in [0.05, 0.1) is 11.0 Å². The van der Waals surface area contributed by atoms with Crippen LogP contribution in [0.4, 0.5) is 0 Å². The Bertz CT molecular complexity index is 1130. The van der Waals surface area contributed by atoms with Crippen molar-refractivity contribution in [2.45, 2.75) is 13.8 Å². The van der Waals surface area contributed by atoms with Crippen molar-refractivity contribution in [3.63, 3.8) is 0 Å². The molecule has 0 aliphatic carbocycles. The van der Waals surface area contributed by atoms with Crippen LogP contribution in [-0.2, 0) is 0 Å². The van der Waals surface area contributed by atoms with E-state index in [0.29, 0.717) is 5.69 Å². The van der Waals surface area contributed by atoms with Gasteiger partial charge in [-0.1, -0.05) is 65.6 Å². The molecule has 2 nitrogen and oxygen atoms in total. The molecular weight excluding hydrogens is 316 g/mol. The van der Waals surface area contributed by atoms with Crippen molar-refractivity contribution in [3.8, 4) is 23.1 Å². The summed E-state index contributed by atoms with van der Waals surface area (Å²) >= 11 is 0. The number of aromatic nitrogens is 2. The molecule has 26 heavy (non-hydrogen) atoms. The lowest BCUT2D eigenvalue weighted by Crippen LogP contribution is -1.95. The van der Waals surface area contributed by atoms with Gasteiger partial charge in [-0.2, -0.15) is 0 Å². The van der Waals surface area contributed by atoms with Gasteiger partial charge in [0, 0.05) is 11.1 Å². The van der Waals surface area contributed by atoms with Crippen LogP contribution >= 0.6 is 0 Å². The van der Waals surface area contributed by atoms with E-state index in [2.05, 4.69) is 62.1 Å². The second-order valence-corrected chi connectivity index (χ2v) is 6.39. The Balaban J connectivity index is 1.87. The molecule has 0 atom stereocenters. The summed E-state index contributed by atoms with van der Waals surface area (Å²) in [6.45, 7) is 4.15. The summed E-state index contributed by atoms with van der Waals surface area (Å²) in [7, 11) is 0. The van der Waals surface area contributed by atoms with Crippen molar-refractivity contribution in [1.29, 1.82) is 0 Å². The zero-order valence-corrected chi connectivity index (χ0v) is 14.8. The molecule has 0 fully saturated rings. The van der Waals surface area contributed by atoms with Crippen molar-refractivity contribution >= 4 is 11.0 Å². The minimum atomic E-state index is 0.702. The molecule has 0 unspecified atom stereocenters. The normalized spacial score (nSPS) is 10.4. The van der Waals surface area contributed by atoms with Gasteiger partial charge in [-0.05, 0) is 44.0 Å². The van der Waals surface area contributed by atoms with Crippen LogP contribution in [0, 0.1) is 25.7 Å². The molecule has 1 heterocycles. The van der Waals surface area contributed by atoms with Gasteiger partial charge in [0.25, 0.3) is 0 Å². The fraction of sp³-hybridized carbons (Fsp3) is 0.0833. The minimum absolute atomic E-state index is 0.702. The predicted octanol–water partition coefficient (Wildman–Crippen LogP) is 5.31. The average molecular weight is 334 g/mol. The lowest BCUT2D eigenvalue weighted by Gasteiger charge is -2.06. The molecule has 1 aromatic heterocycles. The Morgan fingerprint density at radius 2 is 1.19 bits per heavy atom. The van der Waals surface area contributed by atoms with Crippen molar-refractivity contribution in [2.24, 2.45) is 0 Å². The van der Waals surface area contributed by atoms with Crippen LogP contribution in [0.15, 0.2) is 72.8 Å². The smallest absolute Gasteiger partial charge is 0.140 e. The standard InChI is InChI=1S/C24H18N2/c1-17-7-11-19(12-8-17)13-16-23-24(20-14-9-18(2)10-15-20)26-22-6-4-3-5-21(22)25-23/h3-12,14-15H,1-2H3. The van der Waals surface area contributed by atoms with Gasteiger partial charge in [-0.15, -0.1) is 0 Å². The molecule has 0 bridgehead atoms. The molecule has 4 aromatic rings. The first kappa shape index (κ1) is 16.1. The first-order chi connectivity index (χ1) is 12.7. The maximum Gasteiger partial charge on any atom is 0.140 e. The number of nitrogens with zero attached hydrogens (tertiary/aromatic N) is 2. The lowest BCUT2D eigenvalue weighted by molar-refractivity contribution is 1.26. The van der Waals surface area contributed by atoms with Crippen LogP contribution in [0.25, 0.3) is 22.3 Å². The van der Waals surface area contributed by atoms with Gasteiger partial charge >= 0.3 is 0 Å². The van der Waals surface area contributed by atoms with Crippen LogP contribution in [-0.4, -0.2) is 9.97 Å². The summed E-state index contributed by atoms with van der Waals surface area (Å²) in [5.74, 6) is 6.45. The number of hydrogen-bond donors (Lipinski definition) is 0. The highest BCUT2D eigenvalue weighted by Crippen LogP contribution is 2.23. The Morgan fingerprint density at radius 3 is 1.85 bits per heavy atom. The topological polar surface area (TPSA) is 25.8 Å². The highest BCUT2D eigenvalue weighted by Gasteiger charge is 2.09. The van der Waals surface area contributed by atoms with Crippen LogP contribution < -0.4 is 0 Å². The highest BCUT2D eigenvalue weighted by atomic mass is 14.8. The Hall–Kier alpha value is -3.44. The molecule has 0 N–H and O–H groups in total. The zero-order valence-electron chi connectivity index (χ0n) is 14.8. The maximum absolute atomic E-state index is 4.84. The van der Waals surface area contributed by atoms with Gasteiger partial charge in [0.1, 0.15) is 11.4 Å². The molecule has 0 amide bonds. The van der Waals surface area contributed by atoms with E-state index < -0.39 is 0 Å². The number of para-hydroxylation sites is 2. The Kier molecular flexibility index (Phi) is 4.21. The quantitative estimate of drug-likeness (QED) is 0.441. The molecule has 0 aliphatic heterocycles. The van der Waals surface area contributed by atoms with Crippen LogP contribution in [0.5, 0.6) is 0 Å². The van der Waals surface area contributed by atoms with Crippen molar-refractivity contribution in [3.05, 3.63) is 95.2 Å². The second kappa shape index (κ2) is 6.82. The van der Waals surface area contributed by atoms with E-state index in [0.717, 1.165) is 27.9 Å². The van der Waals surface area contributed by atoms with E-state index in [4.69, 9.17) is 9.97 Å². The van der Waals surface area contributed by atoms with Gasteiger partial charge in [-0.25, -0.2) is 9.97 Å². The third-order valence-electron chi connectivity index (χ3n) is 4.27. The molecular formula is C24H18N2. The second-order valence-electron chi connectivity index (χ2n) is 6.39. The number of aryl methyl sites for hydroxylation is 2. The molecule has 2 heteroatoms. The van der Waals surface area contributed by atoms with Gasteiger partial charge < -0.3 is 0 Å². The Labute approximate surface area is 153 Å². The van der Waals surface area contributed by atoms with Crippen LogP contribution in [0.2, 0.25) is 0 Å². The van der Waals surface area contributed by atoms with Gasteiger partial charge in [-0.3, -0.25) is 0 Å². The predicted molar refractivity (Wildman–Crippen MR) is 107 cm³/mol. The van der Waals surface area contributed by atoms with Crippen LogP contribution in [0.1, 0.15) is 22.4 Å². The van der Waals surface area contributed by atoms with Crippen molar-refractivity contribution < 1.29 is 0 Å². The zero-order chi connectivity index (χ0) is 17.9. The van der Waals surface area contributed by atoms with E-state index in [9.17, 15) is 0 Å². The Morgan fingerprint density at radius 1 is 0.615 bits per heavy atom. The summed E-state index contributed by atoms with van der Waals surface area (Å²) in [6, 6.07) is 24.4. The molecule has 124 valence electrons. The van der Waals surface area contributed by atoms with E-state index in [-0.39, 0.29) is 0 Å². The molecule has 3 aromatic carbocycles. The minimum Gasteiger partial charge on any atom is -0.243 e. The SMILES string of the molecule is Cc1ccc(C#Cc2nc3ccccc3nc2-c2ccc(C)cc2)cc1. The number of rotatable bonds is 1. The lowest BCUT2D eigenvalue weighted by atomic mass is 10.1. The van der Waals surface area contributed by atoms with E-state index in [1.54, 1.807) is 0 Å². The van der Waals surface area contributed by atoms with Gasteiger partial charge in [0.2, 0.25) is 0 Å². The average Bonchev–Trinajstić information content (AvgIpc) is 2.67. The maximum atomic E-state index is 4.84. The molecule has 0 radical (unpaired) electrons. The first-order valence-electron chi connectivity index (χ1n) is 8.61. The van der Waals surface area contributed by atoms with E-state index in [1.165, 1.54) is 11.1 Å². The first-order valence-corrected chi connectivity index (χ1v) is 8.61. The molecule has 0 spiro atoms. The fourth-order valence-electron chi connectivity index (χ4n) is 2.77. The summed E-state index contributed by atoms with van der Waals surface area (Å²) in [6.07, 6.45) is 0. The van der Waals surface area contributed by atoms with Crippen molar-refractivity contribution in [1.82, 2.24) is 9.97 Å². The summed E-state index contributed by atoms with van der Waals surface area (Å²) < 4.78 is 0. The molecule has 0 aliphatic rings. The van der Waals surface area contributed by atoms with Gasteiger partial charge in [0.15, 0.2) is 0 Å². The fourth-order valence-corrected chi connectivity index (χ4v) is 2.77. The summed E-state index contributed by atoms with van der Waals surface area (Å²) in [5.41, 5.74) is 7.70. The van der Waals surface area contributed by atoms with E-state index >= 15 is 0 Å². The number of benzene rings is 3. The van der Waals surface area contributed by atoms with E-state index in [1.807, 2.05) is 36.4 Å². The molecule has 0 saturated carbocycles.